The Hall–Kier alpha value is -2.64. The third-order valence-electron chi connectivity index (χ3n) is 5.74. The summed E-state index contributed by atoms with van der Waals surface area (Å²) in [5.74, 6) is -1.09. The normalized spacial score (nSPS) is 24.1. The molecule has 1 aromatic rings. The lowest BCUT2D eigenvalue weighted by atomic mass is 9.78. The molecule has 0 aromatic carbocycles. The number of carbonyl (C=O) groups excluding carboxylic acids is 3. The van der Waals surface area contributed by atoms with Gasteiger partial charge in [0.15, 0.2) is 0 Å². The Morgan fingerprint density at radius 3 is 2.68 bits per heavy atom. The molecule has 0 saturated carbocycles. The number of nitrogens with one attached hydrogen (secondary N) is 1. The molecule has 28 heavy (non-hydrogen) atoms. The number of ether oxygens (including phenoxy) is 1. The molecule has 1 N–H and O–H groups in total. The molecule has 1 saturated heterocycles. The van der Waals surface area contributed by atoms with E-state index in [2.05, 4.69) is 5.32 Å². The predicted octanol–water partition coefficient (Wildman–Crippen LogP) is 0.813. The van der Waals surface area contributed by atoms with Gasteiger partial charge in [-0.05, 0) is 18.9 Å². The average molecular weight is 389 g/mol. The second-order valence-electron chi connectivity index (χ2n) is 7.59. The Morgan fingerprint density at radius 2 is 2.04 bits per heavy atom. The van der Waals surface area contributed by atoms with E-state index in [1.807, 2.05) is 13.0 Å². The highest BCUT2D eigenvalue weighted by molar-refractivity contribution is 5.87. The van der Waals surface area contributed by atoms with Crippen LogP contribution < -0.4 is 10.9 Å². The van der Waals surface area contributed by atoms with Crippen molar-refractivity contribution in [3.63, 3.8) is 0 Å². The van der Waals surface area contributed by atoms with Gasteiger partial charge in [0, 0.05) is 43.6 Å². The maximum absolute atomic E-state index is 13.2. The molecule has 3 rings (SSSR count). The van der Waals surface area contributed by atoms with Crippen LogP contribution in [0.25, 0.3) is 0 Å². The monoisotopic (exact) mass is 389 g/mol. The number of esters is 1. The van der Waals surface area contributed by atoms with Crippen molar-refractivity contribution in [2.24, 2.45) is 5.92 Å². The van der Waals surface area contributed by atoms with E-state index >= 15 is 0 Å². The van der Waals surface area contributed by atoms with E-state index in [1.54, 1.807) is 15.5 Å². The van der Waals surface area contributed by atoms with Crippen molar-refractivity contribution < 1.29 is 19.1 Å². The molecule has 4 atom stereocenters. The van der Waals surface area contributed by atoms with Crippen molar-refractivity contribution >= 4 is 17.8 Å². The highest BCUT2D eigenvalue weighted by atomic mass is 16.5. The SMILES string of the molecule is CCC[C@H](NC(=O)[C@H]1[C@H]2C[C@H](CN(C(C)=O)C2)c2cccc(=O)n21)C(=O)OC. The van der Waals surface area contributed by atoms with Crippen LogP contribution in [0.15, 0.2) is 23.0 Å². The van der Waals surface area contributed by atoms with Crippen molar-refractivity contribution in [1.82, 2.24) is 14.8 Å². The van der Waals surface area contributed by atoms with Gasteiger partial charge in [-0.1, -0.05) is 19.4 Å². The Labute approximate surface area is 163 Å². The van der Waals surface area contributed by atoms with E-state index in [9.17, 15) is 19.2 Å². The van der Waals surface area contributed by atoms with Crippen molar-refractivity contribution in [2.75, 3.05) is 20.2 Å². The summed E-state index contributed by atoms with van der Waals surface area (Å²) in [5.41, 5.74) is 0.522. The second kappa shape index (κ2) is 8.16. The van der Waals surface area contributed by atoms with E-state index in [0.717, 1.165) is 12.1 Å². The Kier molecular flexibility index (Phi) is 5.86. The van der Waals surface area contributed by atoms with E-state index in [-0.39, 0.29) is 29.2 Å². The zero-order valence-electron chi connectivity index (χ0n) is 16.5. The third kappa shape index (κ3) is 3.68. The minimum atomic E-state index is -0.758. The molecule has 8 heteroatoms. The van der Waals surface area contributed by atoms with Crippen molar-refractivity contribution in [3.05, 3.63) is 34.2 Å². The molecule has 3 heterocycles. The van der Waals surface area contributed by atoms with E-state index in [0.29, 0.717) is 25.9 Å². The number of aromatic nitrogens is 1. The summed E-state index contributed by atoms with van der Waals surface area (Å²) in [5, 5.41) is 2.78. The first-order chi connectivity index (χ1) is 13.4. The fraction of sp³-hybridized carbons (Fsp3) is 0.600. The molecular formula is C20H27N3O5. The smallest absolute Gasteiger partial charge is 0.328 e. The number of likely N-dealkylation sites (tertiary alicyclic amines) is 1. The molecule has 0 spiro atoms. The van der Waals surface area contributed by atoms with E-state index in [1.165, 1.54) is 20.1 Å². The molecular weight excluding hydrogens is 362 g/mol. The lowest BCUT2D eigenvalue weighted by Gasteiger charge is -2.46. The van der Waals surface area contributed by atoms with Crippen LogP contribution in [-0.2, 0) is 19.1 Å². The number of fused-ring (bicyclic) bond motifs is 4. The quantitative estimate of drug-likeness (QED) is 0.752. The van der Waals surface area contributed by atoms with Gasteiger partial charge >= 0.3 is 5.97 Å². The number of amides is 2. The Bertz CT molecular complexity index is 833. The predicted molar refractivity (Wildman–Crippen MR) is 102 cm³/mol. The van der Waals surface area contributed by atoms with Crippen LogP contribution in [0.5, 0.6) is 0 Å². The van der Waals surface area contributed by atoms with Crippen LogP contribution in [0.4, 0.5) is 0 Å². The lowest BCUT2D eigenvalue weighted by Crippen LogP contribution is -2.55. The molecule has 1 fully saturated rings. The Balaban J connectivity index is 1.97. The summed E-state index contributed by atoms with van der Waals surface area (Å²) in [6.45, 7) is 4.40. The van der Waals surface area contributed by atoms with Crippen LogP contribution in [0, 0.1) is 5.92 Å². The van der Waals surface area contributed by atoms with Gasteiger partial charge < -0.3 is 15.0 Å². The van der Waals surface area contributed by atoms with Crippen molar-refractivity contribution in [2.45, 2.75) is 51.1 Å². The van der Waals surface area contributed by atoms with Crippen LogP contribution in [0.1, 0.15) is 50.8 Å². The third-order valence-corrected chi connectivity index (χ3v) is 5.74. The number of hydrogen-bond acceptors (Lipinski definition) is 5. The van der Waals surface area contributed by atoms with Gasteiger partial charge in [0.25, 0.3) is 5.56 Å². The minimum absolute atomic E-state index is 0.0210. The Morgan fingerprint density at radius 1 is 1.29 bits per heavy atom. The highest BCUT2D eigenvalue weighted by Gasteiger charge is 2.44. The van der Waals surface area contributed by atoms with E-state index < -0.39 is 18.1 Å². The average Bonchev–Trinajstić information content (AvgIpc) is 2.67. The maximum Gasteiger partial charge on any atom is 0.328 e. The number of carbonyl (C=O) groups is 3. The van der Waals surface area contributed by atoms with Crippen LogP contribution in [0.3, 0.4) is 0 Å². The molecule has 2 amide bonds. The van der Waals surface area contributed by atoms with Gasteiger partial charge in [-0.2, -0.15) is 0 Å². The van der Waals surface area contributed by atoms with Crippen LogP contribution in [0.2, 0.25) is 0 Å². The molecule has 0 aliphatic carbocycles. The lowest BCUT2D eigenvalue weighted by molar-refractivity contribution is -0.146. The number of pyridine rings is 1. The molecule has 0 radical (unpaired) electrons. The zero-order valence-corrected chi connectivity index (χ0v) is 16.5. The fourth-order valence-corrected chi connectivity index (χ4v) is 4.46. The van der Waals surface area contributed by atoms with Crippen LogP contribution in [-0.4, -0.2) is 53.5 Å². The fourth-order valence-electron chi connectivity index (χ4n) is 4.46. The topological polar surface area (TPSA) is 97.7 Å². The molecule has 2 bridgehead atoms. The maximum atomic E-state index is 13.2. The number of methoxy groups -OCH3 is 1. The van der Waals surface area contributed by atoms with Crippen molar-refractivity contribution in [3.8, 4) is 0 Å². The molecule has 2 aliphatic heterocycles. The van der Waals surface area contributed by atoms with E-state index in [4.69, 9.17) is 4.74 Å². The summed E-state index contributed by atoms with van der Waals surface area (Å²) in [7, 11) is 1.29. The van der Waals surface area contributed by atoms with Gasteiger partial charge in [0.1, 0.15) is 12.1 Å². The van der Waals surface area contributed by atoms with Gasteiger partial charge in [-0.3, -0.25) is 19.0 Å². The zero-order chi connectivity index (χ0) is 20.4. The summed E-state index contributed by atoms with van der Waals surface area (Å²) in [6.07, 6.45) is 1.88. The van der Waals surface area contributed by atoms with Gasteiger partial charge in [0.05, 0.1) is 7.11 Å². The summed E-state index contributed by atoms with van der Waals surface area (Å²) in [4.78, 5) is 51.6. The number of nitrogens with zero attached hydrogens (tertiary/aromatic N) is 2. The molecule has 2 aliphatic rings. The van der Waals surface area contributed by atoms with Gasteiger partial charge in [-0.15, -0.1) is 0 Å². The van der Waals surface area contributed by atoms with Crippen molar-refractivity contribution in [1.29, 1.82) is 0 Å². The molecule has 0 unspecified atom stereocenters. The second-order valence-corrected chi connectivity index (χ2v) is 7.59. The highest BCUT2D eigenvalue weighted by Crippen LogP contribution is 2.41. The first kappa shape index (κ1) is 20.1. The number of piperidine rings is 1. The largest absolute Gasteiger partial charge is 0.467 e. The molecule has 152 valence electrons. The first-order valence-electron chi connectivity index (χ1n) is 9.72. The minimum Gasteiger partial charge on any atom is -0.467 e. The van der Waals surface area contributed by atoms with Gasteiger partial charge in [-0.25, -0.2) is 4.79 Å². The van der Waals surface area contributed by atoms with Crippen LogP contribution >= 0.6 is 0 Å². The summed E-state index contributed by atoms with van der Waals surface area (Å²) in [6, 6.07) is 3.46. The molecule has 1 aromatic heterocycles. The summed E-state index contributed by atoms with van der Waals surface area (Å²) >= 11 is 0. The molecule has 8 nitrogen and oxygen atoms in total. The standard InChI is InChI=1S/C20H27N3O5/c1-4-6-15(20(27)28-3)21-19(26)18-14-9-13(10-22(11-14)12(2)24)16-7-5-8-17(25)23(16)18/h5,7-8,13-15,18H,4,6,9-11H2,1-3H3,(H,21,26)/t13-,14+,15+,18-/m1/s1. The summed E-state index contributed by atoms with van der Waals surface area (Å²) < 4.78 is 6.35. The van der Waals surface area contributed by atoms with Gasteiger partial charge in [0.2, 0.25) is 11.8 Å². The first-order valence-corrected chi connectivity index (χ1v) is 9.72. The number of hydrogen-bond donors (Lipinski definition) is 1. The number of rotatable bonds is 5.